The maximum absolute atomic E-state index is 12.9. The minimum atomic E-state index is -5.09. The molecule has 0 unspecified atom stereocenters. The van der Waals surface area contributed by atoms with Crippen LogP contribution in [0.4, 0.5) is 0 Å². The first-order valence-corrected chi connectivity index (χ1v) is 21.5. The molecule has 0 spiro atoms. The molecule has 0 radical (unpaired) electrons. The third-order valence-electron chi connectivity index (χ3n) is 9.53. The summed E-state index contributed by atoms with van der Waals surface area (Å²) in [7, 11) is -5.09. The maximum Gasteiger partial charge on any atom is 0.397 e. The molecule has 0 aromatic carbocycles. The van der Waals surface area contributed by atoms with Crippen LogP contribution in [0.3, 0.4) is 0 Å². The lowest BCUT2D eigenvalue weighted by Gasteiger charge is -2.42. The highest BCUT2D eigenvalue weighted by Crippen LogP contribution is 2.29. The van der Waals surface area contributed by atoms with Gasteiger partial charge < -0.3 is 24.4 Å². The van der Waals surface area contributed by atoms with Gasteiger partial charge in [0.05, 0.1) is 6.61 Å². The molecule has 12 heteroatoms. The smallest absolute Gasteiger partial charge is 0.397 e. The number of rotatable bonds is 33. The second-order valence-corrected chi connectivity index (χ2v) is 15.2. The van der Waals surface area contributed by atoms with Crippen molar-refractivity contribution in [3.63, 3.8) is 0 Å². The Morgan fingerprint density at radius 3 is 1.18 bits per heavy atom. The number of unbranched alkanes of at least 4 members (excludes halogenated alkanes) is 24. The molecule has 5 atom stereocenters. The fraction of sp³-hybridized carbons (Fsp3) is 0.947. The maximum atomic E-state index is 12.9. The molecule has 0 aromatic heterocycles. The number of carbonyl (C=O) groups is 2. The van der Waals surface area contributed by atoms with Gasteiger partial charge in [-0.2, -0.15) is 8.42 Å². The quantitative estimate of drug-likeness (QED) is 0.0335. The van der Waals surface area contributed by atoms with Gasteiger partial charge >= 0.3 is 22.3 Å². The van der Waals surface area contributed by atoms with Crippen molar-refractivity contribution in [2.24, 2.45) is 0 Å². The van der Waals surface area contributed by atoms with Crippen molar-refractivity contribution in [2.75, 3.05) is 6.61 Å². The summed E-state index contributed by atoms with van der Waals surface area (Å²) in [4.78, 5) is 25.6. The third-order valence-corrected chi connectivity index (χ3v) is 9.99. The molecule has 50 heavy (non-hydrogen) atoms. The molecule has 0 saturated carbocycles. The van der Waals surface area contributed by atoms with Crippen molar-refractivity contribution in [3.8, 4) is 0 Å². The Morgan fingerprint density at radius 1 is 0.540 bits per heavy atom. The average Bonchev–Trinajstić information content (AvgIpc) is 3.07. The molecule has 0 aromatic rings. The largest absolute Gasteiger partial charge is 0.455 e. The van der Waals surface area contributed by atoms with Gasteiger partial charge in [-0.25, -0.2) is 4.18 Å². The van der Waals surface area contributed by atoms with E-state index in [2.05, 4.69) is 13.8 Å². The monoisotopic (exact) mass is 736 g/mol. The predicted octanol–water partition coefficient (Wildman–Crippen LogP) is 8.67. The summed E-state index contributed by atoms with van der Waals surface area (Å²) in [6.45, 7) is 3.63. The fourth-order valence-corrected chi connectivity index (χ4v) is 7.07. The zero-order valence-corrected chi connectivity index (χ0v) is 32.2. The Hall–Kier alpha value is -1.31. The highest BCUT2D eigenvalue weighted by molar-refractivity contribution is 7.80. The normalized spacial score (nSPS) is 20.9. The Kier molecular flexibility index (Phi) is 28.2. The lowest BCUT2D eigenvalue weighted by Crippen LogP contribution is -2.62. The van der Waals surface area contributed by atoms with Gasteiger partial charge in [0.2, 0.25) is 0 Å². The van der Waals surface area contributed by atoms with Crippen LogP contribution in [0.1, 0.15) is 194 Å². The van der Waals surface area contributed by atoms with E-state index < -0.39 is 59.7 Å². The van der Waals surface area contributed by atoms with E-state index in [9.17, 15) is 32.8 Å². The summed E-state index contributed by atoms with van der Waals surface area (Å²) in [5, 5.41) is 20.4. The molecule has 0 bridgehead atoms. The van der Waals surface area contributed by atoms with Crippen molar-refractivity contribution in [1.29, 1.82) is 0 Å². The summed E-state index contributed by atoms with van der Waals surface area (Å²) in [5.74, 6) is -1.38. The van der Waals surface area contributed by atoms with Crippen LogP contribution in [-0.2, 0) is 38.4 Å². The lowest BCUT2D eigenvalue weighted by molar-refractivity contribution is -0.289. The molecule has 1 saturated heterocycles. The Morgan fingerprint density at radius 2 is 0.860 bits per heavy atom. The molecular formula is C38H72O11S. The van der Waals surface area contributed by atoms with Crippen LogP contribution < -0.4 is 0 Å². The van der Waals surface area contributed by atoms with E-state index in [0.717, 1.165) is 44.9 Å². The number of carbonyl (C=O) groups excluding carboxylic acids is 2. The molecule has 296 valence electrons. The summed E-state index contributed by atoms with van der Waals surface area (Å²) in [6.07, 6.45) is 21.6. The molecule has 1 fully saturated rings. The van der Waals surface area contributed by atoms with Crippen molar-refractivity contribution in [1.82, 2.24) is 0 Å². The first kappa shape index (κ1) is 46.7. The third kappa shape index (κ3) is 24.0. The van der Waals surface area contributed by atoms with E-state index in [1.165, 1.54) is 109 Å². The van der Waals surface area contributed by atoms with Crippen LogP contribution in [-0.4, -0.2) is 72.4 Å². The van der Waals surface area contributed by atoms with Crippen LogP contribution in [0.25, 0.3) is 0 Å². The van der Waals surface area contributed by atoms with Gasteiger partial charge in [0.15, 0.2) is 18.5 Å². The minimum Gasteiger partial charge on any atom is -0.455 e. The van der Waals surface area contributed by atoms with Crippen LogP contribution in [0.15, 0.2) is 0 Å². The topological polar surface area (TPSA) is 166 Å². The Bertz CT molecular complexity index is 945. The zero-order valence-electron chi connectivity index (χ0n) is 31.4. The first-order valence-electron chi connectivity index (χ1n) is 20.1. The van der Waals surface area contributed by atoms with Crippen LogP contribution in [0, 0.1) is 0 Å². The van der Waals surface area contributed by atoms with Crippen LogP contribution in [0.2, 0.25) is 0 Å². The SMILES string of the molecule is CCCCCCCCCCCCCCCC(=O)O[C@@H]1[C@@H](OC(=O)CCCCCCCCCCCCCCC)[C@@H](O)O[C@H](CO)[C@H]1OS(=O)(=O)O. The standard InChI is InChI=1S/C38H72O11S/c1-3-5-7-9-11-13-15-17-19-21-23-25-27-29-33(40)47-36-35(49-50(43,44)45)32(31-39)46-38(42)37(36)48-34(41)30-28-26-24-22-20-18-16-14-12-10-8-6-4-2/h32,35-39,42H,3-31H2,1-2H3,(H,43,44,45)/t32-,35-,36+,37-,38+/m1/s1. The molecule has 1 aliphatic rings. The second kappa shape index (κ2) is 30.2. The fourth-order valence-electron chi connectivity index (χ4n) is 6.55. The van der Waals surface area contributed by atoms with Crippen LogP contribution in [0.5, 0.6) is 0 Å². The van der Waals surface area contributed by atoms with Gasteiger partial charge in [-0.15, -0.1) is 0 Å². The average molecular weight is 737 g/mol. The number of aliphatic hydroxyl groups excluding tert-OH is 2. The molecular weight excluding hydrogens is 664 g/mol. The molecule has 1 aliphatic heterocycles. The van der Waals surface area contributed by atoms with E-state index in [1.54, 1.807) is 0 Å². The summed E-state index contributed by atoms with van der Waals surface area (Å²) in [6, 6.07) is 0. The van der Waals surface area contributed by atoms with Gasteiger partial charge in [-0.05, 0) is 12.8 Å². The predicted molar refractivity (Wildman–Crippen MR) is 195 cm³/mol. The molecule has 0 aliphatic carbocycles. The molecule has 1 rings (SSSR count). The number of aliphatic hydroxyl groups is 2. The van der Waals surface area contributed by atoms with E-state index in [-0.39, 0.29) is 12.8 Å². The zero-order chi connectivity index (χ0) is 36.9. The number of ether oxygens (including phenoxy) is 3. The summed E-state index contributed by atoms with van der Waals surface area (Å²) in [5.41, 5.74) is 0. The van der Waals surface area contributed by atoms with Gasteiger partial charge in [0.1, 0.15) is 12.2 Å². The van der Waals surface area contributed by atoms with Gasteiger partial charge in [0, 0.05) is 12.8 Å². The van der Waals surface area contributed by atoms with Gasteiger partial charge in [-0.1, -0.05) is 168 Å². The van der Waals surface area contributed by atoms with Crippen molar-refractivity contribution < 1.29 is 51.2 Å². The van der Waals surface area contributed by atoms with E-state index in [1.807, 2.05) is 0 Å². The number of hydrogen-bond acceptors (Lipinski definition) is 10. The van der Waals surface area contributed by atoms with E-state index in [0.29, 0.717) is 12.8 Å². The molecule has 1 heterocycles. The lowest BCUT2D eigenvalue weighted by atomic mass is 9.98. The van der Waals surface area contributed by atoms with Crippen LogP contribution >= 0.6 is 0 Å². The molecule has 11 nitrogen and oxygen atoms in total. The summed E-state index contributed by atoms with van der Waals surface area (Å²) < 4.78 is 53.7. The van der Waals surface area contributed by atoms with Crippen molar-refractivity contribution in [2.45, 2.75) is 224 Å². The first-order chi connectivity index (χ1) is 24.1. The number of esters is 2. The minimum absolute atomic E-state index is 0.0211. The Balaban J connectivity index is 2.48. The Labute approximate surface area is 303 Å². The van der Waals surface area contributed by atoms with Gasteiger partial charge in [-0.3, -0.25) is 14.1 Å². The van der Waals surface area contributed by atoms with Gasteiger partial charge in [0.25, 0.3) is 0 Å². The highest BCUT2D eigenvalue weighted by atomic mass is 32.3. The second-order valence-electron chi connectivity index (χ2n) is 14.1. The van der Waals surface area contributed by atoms with Crippen molar-refractivity contribution in [3.05, 3.63) is 0 Å². The molecule has 3 N–H and O–H groups in total. The number of hydrogen-bond donors (Lipinski definition) is 3. The van der Waals surface area contributed by atoms with E-state index >= 15 is 0 Å². The highest BCUT2D eigenvalue weighted by Gasteiger charge is 2.52. The van der Waals surface area contributed by atoms with E-state index in [4.69, 9.17) is 18.4 Å². The molecule has 0 amide bonds. The van der Waals surface area contributed by atoms with Crippen molar-refractivity contribution >= 4 is 22.3 Å². The summed E-state index contributed by atoms with van der Waals surface area (Å²) >= 11 is 0.